The minimum atomic E-state index is -2.97. The molecule has 1 aromatic heterocycles. The van der Waals surface area contributed by atoms with Gasteiger partial charge in [-0.3, -0.25) is 9.78 Å². The summed E-state index contributed by atoms with van der Waals surface area (Å²) in [6.07, 6.45) is 2.23. The highest BCUT2D eigenvalue weighted by Crippen LogP contribution is 2.19. The van der Waals surface area contributed by atoms with E-state index in [1.807, 2.05) is 12.1 Å². The van der Waals surface area contributed by atoms with Crippen LogP contribution in [0.2, 0.25) is 0 Å². The van der Waals surface area contributed by atoms with E-state index in [2.05, 4.69) is 15.0 Å². The first-order valence-electron chi connectivity index (χ1n) is 6.39. The Bertz CT molecular complexity index is 591. The molecule has 0 unspecified atom stereocenters. The molecule has 0 aliphatic rings. The number of hydrogen-bond acceptors (Lipinski definition) is 3. The molecular formula is C15H14F2N2O2. The van der Waals surface area contributed by atoms with E-state index in [0.29, 0.717) is 13.0 Å². The number of pyridine rings is 1. The van der Waals surface area contributed by atoms with E-state index >= 15 is 0 Å². The highest BCUT2D eigenvalue weighted by atomic mass is 19.3. The average molecular weight is 292 g/mol. The lowest BCUT2D eigenvalue weighted by atomic mass is 10.2. The van der Waals surface area contributed by atoms with Crippen molar-refractivity contribution in [1.82, 2.24) is 10.3 Å². The van der Waals surface area contributed by atoms with Crippen LogP contribution in [0.25, 0.3) is 0 Å². The molecule has 4 nitrogen and oxygen atoms in total. The van der Waals surface area contributed by atoms with E-state index in [9.17, 15) is 13.6 Å². The Kier molecular flexibility index (Phi) is 5.20. The van der Waals surface area contributed by atoms with Crippen LogP contribution in [-0.4, -0.2) is 24.0 Å². The van der Waals surface area contributed by atoms with Crippen molar-refractivity contribution in [3.8, 4) is 5.75 Å². The van der Waals surface area contributed by atoms with Crippen molar-refractivity contribution in [3.05, 3.63) is 59.9 Å². The second kappa shape index (κ2) is 7.33. The van der Waals surface area contributed by atoms with Crippen LogP contribution in [0, 0.1) is 0 Å². The third-order valence-electron chi connectivity index (χ3n) is 2.74. The van der Waals surface area contributed by atoms with Gasteiger partial charge in [0.1, 0.15) is 5.75 Å². The van der Waals surface area contributed by atoms with Crippen molar-refractivity contribution in [2.45, 2.75) is 13.0 Å². The van der Waals surface area contributed by atoms with Gasteiger partial charge in [0.15, 0.2) is 0 Å². The Balaban J connectivity index is 1.94. The Morgan fingerprint density at radius 3 is 2.67 bits per heavy atom. The van der Waals surface area contributed by atoms with Gasteiger partial charge in [-0.2, -0.15) is 8.78 Å². The van der Waals surface area contributed by atoms with Gasteiger partial charge in [0, 0.05) is 24.9 Å². The fraction of sp³-hybridized carbons (Fsp3) is 0.200. The molecule has 0 spiro atoms. The van der Waals surface area contributed by atoms with Crippen molar-refractivity contribution in [2.75, 3.05) is 6.54 Å². The normalized spacial score (nSPS) is 10.4. The number of para-hydroxylation sites is 1. The molecule has 1 aromatic carbocycles. The lowest BCUT2D eigenvalue weighted by Crippen LogP contribution is -2.26. The van der Waals surface area contributed by atoms with Gasteiger partial charge in [0.25, 0.3) is 5.91 Å². The minimum Gasteiger partial charge on any atom is -0.434 e. The number of carbonyl (C=O) groups is 1. The van der Waals surface area contributed by atoms with Gasteiger partial charge in [-0.25, -0.2) is 0 Å². The predicted octanol–water partition coefficient (Wildman–Crippen LogP) is 2.66. The Morgan fingerprint density at radius 1 is 1.19 bits per heavy atom. The van der Waals surface area contributed by atoms with E-state index in [1.165, 1.54) is 18.2 Å². The molecule has 0 fully saturated rings. The zero-order valence-corrected chi connectivity index (χ0v) is 11.1. The maximum absolute atomic E-state index is 12.3. The van der Waals surface area contributed by atoms with Crippen molar-refractivity contribution in [1.29, 1.82) is 0 Å². The molecule has 1 heterocycles. The molecule has 110 valence electrons. The number of benzene rings is 1. The first kappa shape index (κ1) is 14.9. The first-order valence-corrected chi connectivity index (χ1v) is 6.39. The highest BCUT2D eigenvalue weighted by molar-refractivity contribution is 5.96. The number of nitrogens with one attached hydrogen (secondary N) is 1. The number of nitrogens with zero attached hydrogens (tertiary/aromatic N) is 1. The van der Waals surface area contributed by atoms with Gasteiger partial charge in [-0.05, 0) is 24.3 Å². The monoisotopic (exact) mass is 292 g/mol. The van der Waals surface area contributed by atoms with Gasteiger partial charge in [-0.15, -0.1) is 0 Å². The minimum absolute atomic E-state index is 0.0822. The zero-order chi connectivity index (χ0) is 15.1. The lowest BCUT2D eigenvalue weighted by Gasteiger charge is -2.10. The third kappa shape index (κ3) is 4.52. The summed E-state index contributed by atoms with van der Waals surface area (Å²) < 4.78 is 28.9. The van der Waals surface area contributed by atoms with E-state index in [-0.39, 0.29) is 11.3 Å². The van der Waals surface area contributed by atoms with Gasteiger partial charge < -0.3 is 10.1 Å². The van der Waals surface area contributed by atoms with E-state index < -0.39 is 12.5 Å². The molecule has 0 radical (unpaired) electrons. The van der Waals surface area contributed by atoms with Crippen LogP contribution in [0.1, 0.15) is 16.1 Å². The fourth-order valence-electron chi connectivity index (χ4n) is 1.80. The van der Waals surface area contributed by atoms with Crippen molar-refractivity contribution in [2.24, 2.45) is 0 Å². The van der Waals surface area contributed by atoms with Crippen LogP contribution in [0.15, 0.2) is 48.7 Å². The number of halogens is 2. The molecule has 0 saturated heterocycles. The fourth-order valence-corrected chi connectivity index (χ4v) is 1.80. The van der Waals surface area contributed by atoms with Gasteiger partial charge in [0.2, 0.25) is 0 Å². The average Bonchev–Trinajstić information content (AvgIpc) is 2.48. The Labute approximate surface area is 120 Å². The standard InChI is InChI=1S/C15H14F2N2O2/c16-15(17)21-13-7-2-1-6-12(13)14(20)19-10-8-11-5-3-4-9-18-11/h1-7,9,15H,8,10H2,(H,19,20). The summed E-state index contributed by atoms with van der Waals surface area (Å²) in [5, 5.41) is 2.66. The second-order valence-electron chi connectivity index (χ2n) is 4.20. The number of aromatic nitrogens is 1. The predicted molar refractivity (Wildman–Crippen MR) is 73.3 cm³/mol. The molecule has 21 heavy (non-hydrogen) atoms. The number of carbonyl (C=O) groups excluding carboxylic acids is 1. The summed E-state index contributed by atoms with van der Waals surface area (Å²) >= 11 is 0. The third-order valence-corrected chi connectivity index (χ3v) is 2.74. The van der Waals surface area contributed by atoms with Gasteiger partial charge >= 0.3 is 6.61 Å². The summed E-state index contributed by atoms with van der Waals surface area (Å²) in [5.74, 6) is -0.593. The summed E-state index contributed by atoms with van der Waals surface area (Å²) in [5.41, 5.74) is 0.925. The van der Waals surface area contributed by atoms with E-state index in [4.69, 9.17) is 0 Å². The van der Waals surface area contributed by atoms with Crippen molar-refractivity contribution < 1.29 is 18.3 Å². The maximum atomic E-state index is 12.3. The molecule has 0 aliphatic heterocycles. The molecule has 6 heteroatoms. The van der Waals surface area contributed by atoms with Crippen LogP contribution >= 0.6 is 0 Å². The Morgan fingerprint density at radius 2 is 1.95 bits per heavy atom. The lowest BCUT2D eigenvalue weighted by molar-refractivity contribution is -0.0501. The number of alkyl halides is 2. The molecule has 2 aromatic rings. The molecule has 2 rings (SSSR count). The Hall–Kier alpha value is -2.50. The van der Waals surface area contributed by atoms with Crippen molar-refractivity contribution in [3.63, 3.8) is 0 Å². The molecule has 1 N–H and O–H groups in total. The zero-order valence-electron chi connectivity index (χ0n) is 11.1. The number of hydrogen-bond donors (Lipinski definition) is 1. The number of ether oxygens (including phenoxy) is 1. The van der Waals surface area contributed by atoms with Crippen LogP contribution < -0.4 is 10.1 Å². The van der Waals surface area contributed by atoms with E-state index in [0.717, 1.165) is 5.69 Å². The smallest absolute Gasteiger partial charge is 0.387 e. The summed E-state index contributed by atoms with van der Waals surface area (Å²) in [6.45, 7) is -2.61. The van der Waals surface area contributed by atoms with Crippen LogP contribution in [0.5, 0.6) is 5.75 Å². The van der Waals surface area contributed by atoms with Crippen molar-refractivity contribution >= 4 is 5.91 Å². The number of amides is 1. The van der Waals surface area contributed by atoms with Gasteiger partial charge in [-0.1, -0.05) is 18.2 Å². The first-order chi connectivity index (χ1) is 10.2. The van der Waals surface area contributed by atoms with Crippen LogP contribution in [0.3, 0.4) is 0 Å². The topological polar surface area (TPSA) is 51.2 Å². The summed E-state index contributed by atoms with van der Waals surface area (Å²) in [7, 11) is 0. The molecule has 1 amide bonds. The number of rotatable bonds is 6. The highest BCUT2D eigenvalue weighted by Gasteiger charge is 2.14. The van der Waals surface area contributed by atoms with E-state index in [1.54, 1.807) is 18.3 Å². The molecule has 0 bridgehead atoms. The van der Waals surface area contributed by atoms with Gasteiger partial charge in [0.05, 0.1) is 5.56 Å². The summed E-state index contributed by atoms with van der Waals surface area (Å²) in [4.78, 5) is 16.1. The second-order valence-corrected chi connectivity index (χ2v) is 4.20. The molecule has 0 aliphatic carbocycles. The molecule has 0 atom stereocenters. The van der Waals surface area contributed by atoms with Crippen LogP contribution in [-0.2, 0) is 6.42 Å². The SMILES string of the molecule is O=C(NCCc1ccccn1)c1ccccc1OC(F)F. The summed E-state index contributed by atoms with van der Waals surface area (Å²) in [6, 6.07) is 11.4. The van der Waals surface area contributed by atoms with Crippen LogP contribution in [0.4, 0.5) is 8.78 Å². The quantitative estimate of drug-likeness (QED) is 0.890. The maximum Gasteiger partial charge on any atom is 0.387 e. The largest absolute Gasteiger partial charge is 0.434 e. The molecular weight excluding hydrogens is 278 g/mol. The molecule has 0 saturated carbocycles.